The van der Waals surface area contributed by atoms with E-state index in [0.29, 0.717) is 31.2 Å². The van der Waals surface area contributed by atoms with Gasteiger partial charge in [0.2, 0.25) is 15.8 Å². The summed E-state index contributed by atoms with van der Waals surface area (Å²) in [5.41, 5.74) is -0.443. The summed E-state index contributed by atoms with van der Waals surface area (Å²) in [4.78, 5) is 22.1. The van der Waals surface area contributed by atoms with Crippen LogP contribution in [0.5, 0.6) is 17.5 Å². The molecule has 0 radical (unpaired) electrons. The average Bonchev–Trinajstić information content (AvgIpc) is 3.70. The molecule has 14 heteroatoms. The van der Waals surface area contributed by atoms with E-state index in [0.717, 1.165) is 6.42 Å². The second-order valence-electron chi connectivity index (χ2n) is 9.10. The molecule has 1 aromatic carbocycles. The quantitative estimate of drug-likeness (QED) is 0.485. The number of halogens is 2. The first kappa shape index (κ1) is 23.5. The first-order chi connectivity index (χ1) is 17.8. The van der Waals surface area contributed by atoms with Crippen LogP contribution in [0.4, 0.5) is 19.4 Å². The molecule has 2 fully saturated rings. The lowest BCUT2D eigenvalue weighted by atomic mass is 9.69. The highest BCUT2D eigenvalue weighted by atomic mass is 32.2. The predicted molar refractivity (Wildman–Crippen MR) is 123 cm³/mol. The van der Waals surface area contributed by atoms with Gasteiger partial charge in [-0.15, -0.1) is 0 Å². The molecule has 2 aliphatic carbocycles. The summed E-state index contributed by atoms with van der Waals surface area (Å²) >= 11 is 0. The number of sulfonamides is 1. The number of hydrogen-bond donors (Lipinski definition) is 1. The normalized spacial score (nSPS) is 18.1. The zero-order valence-corrected chi connectivity index (χ0v) is 20.0. The van der Waals surface area contributed by atoms with Gasteiger partial charge in [0.1, 0.15) is 0 Å². The van der Waals surface area contributed by atoms with E-state index in [4.69, 9.17) is 9.47 Å². The summed E-state index contributed by atoms with van der Waals surface area (Å²) in [7, 11) is -3.74. The van der Waals surface area contributed by atoms with Gasteiger partial charge in [-0.1, -0.05) is 5.10 Å². The summed E-state index contributed by atoms with van der Waals surface area (Å²) in [6.45, 7) is -0.228. The molecule has 0 unspecified atom stereocenters. The summed E-state index contributed by atoms with van der Waals surface area (Å²) in [6, 6.07) is 4.18. The molecule has 0 saturated heterocycles. The summed E-state index contributed by atoms with van der Waals surface area (Å²) in [5.74, 6) is -2.71. The Labute approximate surface area is 209 Å². The summed E-state index contributed by atoms with van der Waals surface area (Å²) < 4.78 is 68.2. The van der Waals surface area contributed by atoms with E-state index in [1.54, 1.807) is 6.07 Å². The zero-order valence-electron chi connectivity index (χ0n) is 19.2. The Morgan fingerprint density at radius 3 is 2.59 bits per heavy atom. The number of hydrogen-bond acceptors (Lipinski definition) is 9. The van der Waals surface area contributed by atoms with Crippen LogP contribution >= 0.6 is 0 Å². The highest BCUT2D eigenvalue weighted by Crippen LogP contribution is 2.54. The fraction of sp³-hybridized carbons (Fsp3) is 0.348. The van der Waals surface area contributed by atoms with Gasteiger partial charge in [0.15, 0.2) is 23.1 Å². The van der Waals surface area contributed by atoms with Gasteiger partial charge in [0.25, 0.3) is 0 Å². The number of aromatic nitrogens is 4. The third kappa shape index (κ3) is 4.00. The lowest BCUT2D eigenvalue weighted by molar-refractivity contribution is -0.000316. The molecule has 0 bridgehead atoms. The third-order valence-corrected chi connectivity index (χ3v) is 8.66. The minimum absolute atomic E-state index is 0.0457. The minimum atomic E-state index is -3.74. The number of nitrogens with one attached hydrogen (secondary N) is 1. The van der Waals surface area contributed by atoms with E-state index in [-0.39, 0.29) is 29.6 Å². The predicted octanol–water partition coefficient (Wildman–Crippen LogP) is 3.64. The average molecular weight is 531 g/mol. The van der Waals surface area contributed by atoms with Crippen LogP contribution in [0.1, 0.15) is 43.2 Å². The van der Waals surface area contributed by atoms with Crippen molar-refractivity contribution in [2.75, 3.05) is 4.72 Å². The van der Waals surface area contributed by atoms with E-state index in [2.05, 4.69) is 24.9 Å². The smallest absolute Gasteiger partial charge is 0.416 e. The third-order valence-electron chi connectivity index (χ3n) is 6.83. The molecule has 1 N–H and O–H groups in total. The number of amides is 1. The fourth-order valence-corrected chi connectivity index (χ4v) is 5.97. The molecule has 2 saturated carbocycles. The number of rotatable bonds is 7. The van der Waals surface area contributed by atoms with Crippen LogP contribution < -0.4 is 14.2 Å². The van der Waals surface area contributed by atoms with Gasteiger partial charge in [-0.2, -0.15) is 9.49 Å². The van der Waals surface area contributed by atoms with Crippen LogP contribution in [-0.2, 0) is 22.1 Å². The number of nitrogens with zero attached hydrogens (tertiary/aromatic N) is 5. The molecule has 0 atom stereocenters. The molecule has 3 aromatic rings. The van der Waals surface area contributed by atoms with Crippen molar-refractivity contribution in [1.82, 2.24) is 25.1 Å². The SMILES string of the molecule is O=C1Oc2c(ccc(Oc3nccnn3)c2F)C2(CCC2)N1Cc1ccnc(NS(=O)(=O)C2CC2)c1F. The number of carbonyl (C=O) groups excluding carboxylic acids is 1. The first-order valence-electron chi connectivity index (χ1n) is 11.6. The van der Waals surface area contributed by atoms with Gasteiger partial charge in [-0.25, -0.2) is 27.6 Å². The molecule has 1 aliphatic heterocycles. The second-order valence-corrected chi connectivity index (χ2v) is 11.1. The maximum Gasteiger partial charge on any atom is 0.416 e. The van der Waals surface area contributed by atoms with Crippen LogP contribution in [0.15, 0.2) is 36.8 Å². The van der Waals surface area contributed by atoms with Crippen LogP contribution in [0.25, 0.3) is 0 Å². The van der Waals surface area contributed by atoms with Crippen molar-refractivity contribution in [3.8, 4) is 17.5 Å². The Bertz CT molecular complexity index is 1500. The maximum absolute atomic E-state index is 15.4. The van der Waals surface area contributed by atoms with Crippen LogP contribution in [0.3, 0.4) is 0 Å². The molecule has 3 heterocycles. The van der Waals surface area contributed by atoms with Crippen LogP contribution in [0.2, 0.25) is 0 Å². The Morgan fingerprint density at radius 1 is 1.11 bits per heavy atom. The van der Waals surface area contributed by atoms with E-state index < -0.39 is 44.4 Å². The van der Waals surface area contributed by atoms with Crippen molar-refractivity contribution >= 4 is 21.9 Å². The van der Waals surface area contributed by atoms with Crippen molar-refractivity contribution in [1.29, 1.82) is 0 Å². The number of fused-ring (bicyclic) bond motifs is 2. The van der Waals surface area contributed by atoms with Crippen molar-refractivity contribution in [3.05, 3.63) is 59.6 Å². The molecule has 1 amide bonds. The maximum atomic E-state index is 15.4. The Morgan fingerprint density at radius 2 is 1.92 bits per heavy atom. The Kier molecular flexibility index (Phi) is 5.44. The molecule has 37 heavy (non-hydrogen) atoms. The Balaban J connectivity index is 1.31. The number of ether oxygens (including phenoxy) is 2. The van der Waals surface area contributed by atoms with Gasteiger partial charge < -0.3 is 9.47 Å². The lowest BCUT2D eigenvalue weighted by Crippen LogP contribution is -2.57. The van der Waals surface area contributed by atoms with Gasteiger partial charge in [0, 0.05) is 17.3 Å². The number of pyridine rings is 1. The number of carbonyl (C=O) groups is 1. The molecule has 2 aromatic heterocycles. The van der Waals surface area contributed by atoms with E-state index >= 15 is 8.78 Å². The summed E-state index contributed by atoms with van der Waals surface area (Å²) in [5, 5.41) is 6.73. The van der Waals surface area contributed by atoms with Crippen LogP contribution in [0, 0.1) is 11.6 Å². The van der Waals surface area contributed by atoms with Crippen molar-refractivity contribution < 1.29 is 31.5 Å². The largest absolute Gasteiger partial charge is 0.420 e. The van der Waals surface area contributed by atoms with Gasteiger partial charge in [-0.3, -0.25) is 9.62 Å². The minimum Gasteiger partial charge on any atom is -0.420 e. The number of benzene rings is 1. The monoisotopic (exact) mass is 530 g/mol. The molecule has 3 aliphatic rings. The zero-order chi connectivity index (χ0) is 25.8. The van der Waals surface area contributed by atoms with E-state index in [1.807, 2.05) is 0 Å². The fourth-order valence-electron chi connectivity index (χ4n) is 4.64. The topological polar surface area (TPSA) is 136 Å². The first-order valence-corrected chi connectivity index (χ1v) is 13.1. The van der Waals surface area contributed by atoms with Crippen molar-refractivity contribution in [2.24, 2.45) is 0 Å². The van der Waals surface area contributed by atoms with Gasteiger partial charge in [-0.05, 0) is 50.3 Å². The molecule has 6 rings (SSSR count). The molecule has 11 nitrogen and oxygen atoms in total. The second kappa shape index (κ2) is 8.57. The lowest BCUT2D eigenvalue weighted by Gasteiger charge is -2.52. The van der Waals surface area contributed by atoms with Crippen molar-refractivity contribution in [2.45, 2.75) is 49.4 Å². The highest BCUT2D eigenvalue weighted by Gasteiger charge is 2.53. The number of anilines is 1. The standard InChI is InChI=1S/C23H20F2N6O5S/c24-17-13(6-9-26-20(17)30-37(33,34)14-2-3-14)12-31-22(32)36-19-15(23(31)7-1-8-23)4-5-16(18(19)25)35-21-27-10-11-28-29-21/h4-6,9-11,14H,1-3,7-8,12H2,(H,26,30). The molecular weight excluding hydrogens is 510 g/mol. The van der Waals surface area contributed by atoms with Crippen LogP contribution in [-0.4, -0.2) is 44.8 Å². The summed E-state index contributed by atoms with van der Waals surface area (Å²) in [6.07, 6.45) is 5.87. The van der Waals surface area contributed by atoms with Gasteiger partial charge >= 0.3 is 12.1 Å². The Hall–Kier alpha value is -3.94. The van der Waals surface area contributed by atoms with E-state index in [1.165, 1.54) is 35.6 Å². The highest BCUT2D eigenvalue weighted by molar-refractivity contribution is 7.93. The van der Waals surface area contributed by atoms with Crippen molar-refractivity contribution in [3.63, 3.8) is 0 Å². The van der Waals surface area contributed by atoms with Gasteiger partial charge in [0.05, 0.1) is 29.7 Å². The van der Waals surface area contributed by atoms with E-state index in [9.17, 15) is 13.2 Å². The molecular formula is C23H20F2N6O5S. The molecule has 192 valence electrons. The molecule has 1 spiro atoms.